The number of esters is 6. The van der Waals surface area contributed by atoms with E-state index >= 15 is 0 Å². The summed E-state index contributed by atoms with van der Waals surface area (Å²) in [4.78, 5) is 76.6. The molecule has 0 aromatic rings. The van der Waals surface area contributed by atoms with Crippen molar-refractivity contribution in [2.75, 3.05) is 0 Å². The van der Waals surface area contributed by atoms with Crippen LogP contribution in [0.3, 0.4) is 0 Å². The van der Waals surface area contributed by atoms with Crippen molar-refractivity contribution in [1.29, 1.82) is 0 Å². The van der Waals surface area contributed by atoms with Crippen LogP contribution in [0.15, 0.2) is 0 Å². The molecule has 0 aromatic heterocycles. The van der Waals surface area contributed by atoms with E-state index < -0.39 is 103 Å². The first kappa shape index (κ1) is 25.7. The van der Waals surface area contributed by atoms with Crippen molar-refractivity contribution < 1.29 is 77.6 Å². The van der Waals surface area contributed by atoms with Crippen molar-refractivity contribution in [3.05, 3.63) is 0 Å². The highest BCUT2D eigenvalue weighted by Crippen LogP contribution is 2.52. The summed E-state index contributed by atoms with van der Waals surface area (Å²) in [5.41, 5.74) is -5.76. The lowest BCUT2D eigenvalue weighted by atomic mass is 9.90. The van der Waals surface area contributed by atoms with Crippen LogP contribution in [0, 0.1) is 0 Å². The smallest absolute Gasteiger partial charge is 0.412 e. The highest BCUT2D eigenvalue weighted by Gasteiger charge is 2.86. The van der Waals surface area contributed by atoms with Crippen LogP contribution in [-0.2, 0) is 57.2 Å². The van der Waals surface area contributed by atoms with Gasteiger partial charge in [-0.25, -0.2) is 9.59 Å². The number of carbonyl (C=O) groups is 6. The van der Waals surface area contributed by atoms with E-state index in [9.17, 15) is 49.2 Å². The summed E-state index contributed by atoms with van der Waals surface area (Å²) in [6.07, 6.45) is -7.37. The first-order chi connectivity index (χ1) is 16.6. The van der Waals surface area contributed by atoms with Crippen LogP contribution in [0.25, 0.3) is 0 Å². The van der Waals surface area contributed by atoms with Gasteiger partial charge in [0.25, 0.3) is 0 Å². The molecule has 4 saturated heterocycles. The predicted octanol–water partition coefficient (Wildman–Crippen LogP) is -3.09. The standard InChI is InChI=1S/C20H22O16/c1-2-3-4-9(21)18-19(32-11(23)6-16(28,14(26)35-18)5-10(22)31-18)20(30)34-13(25)8-17(29,15(27)36-20)7-12(24)33-19/h9,21,28-30H,2-8H2,1H3. The molecule has 4 N–H and O–H groups in total. The molecule has 0 radical (unpaired) electrons. The van der Waals surface area contributed by atoms with E-state index in [1.807, 2.05) is 0 Å². The quantitative estimate of drug-likeness (QED) is 0.213. The zero-order chi connectivity index (χ0) is 26.7. The molecule has 4 heterocycles. The second-order valence-corrected chi connectivity index (χ2v) is 8.97. The normalized spacial score (nSPS) is 41.2. The molecule has 0 amide bonds. The number of fused-ring (bicyclic) bond motifs is 8. The Balaban J connectivity index is 2.06. The first-order valence-corrected chi connectivity index (χ1v) is 10.8. The van der Waals surface area contributed by atoms with Crippen LogP contribution in [-0.4, -0.2) is 91.1 Å². The molecule has 0 saturated carbocycles. The van der Waals surface area contributed by atoms with Crippen molar-refractivity contribution in [2.24, 2.45) is 0 Å². The van der Waals surface area contributed by atoms with Gasteiger partial charge in [0, 0.05) is 0 Å². The number of hydrogen-bond donors (Lipinski definition) is 4. The molecular formula is C20H22O16. The Morgan fingerprint density at radius 2 is 1.14 bits per heavy atom. The second kappa shape index (κ2) is 8.09. The molecular weight excluding hydrogens is 496 g/mol. The fraction of sp³-hybridized carbons (Fsp3) is 0.700. The second-order valence-electron chi connectivity index (χ2n) is 8.97. The van der Waals surface area contributed by atoms with Gasteiger partial charge in [-0.2, -0.15) is 0 Å². The third kappa shape index (κ3) is 3.59. The zero-order valence-corrected chi connectivity index (χ0v) is 18.7. The minimum atomic E-state index is -4.08. The number of carbonyl (C=O) groups excluding carboxylic acids is 6. The number of aliphatic hydroxyl groups excluding tert-OH is 1. The van der Waals surface area contributed by atoms with E-state index in [1.165, 1.54) is 0 Å². The molecule has 198 valence electrons. The number of hydrogen-bond acceptors (Lipinski definition) is 16. The lowest BCUT2D eigenvalue weighted by Gasteiger charge is -2.51. The molecule has 6 unspecified atom stereocenters. The molecule has 6 atom stereocenters. The average Bonchev–Trinajstić information content (AvgIpc) is 2.85. The van der Waals surface area contributed by atoms with Crippen molar-refractivity contribution in [2.45, 2.75) is 86.7 Å². The van der Waals surface area contributed by atoms with Gasteiger partial charge in [0.05, 0.1) is 25.7 Å². The Kier molecular flexibility index (Phi) is 5.78. The van der Waals surface area contributed by atoms with Gasteiger partial charge in [-0.15, -0.1) is 0 Å². The SMILES string of the molecule is CCCCC(O)C12OC(=O)CC(O)(CC(=O)OC13OC(=O)CC1(O)CC(=O)OC3(O)OC1=O)C(=O)O2. The van der Waals surface area contributed by atoms with Gasteiger partial charge in [-0.3, -0.25) is 19.2 Å². The zero-order valence-electron chi connectivity index (χ0n) is 18.7. The molecule has 1 spiro atoms. The molecule has 4 aliphatic heterocycles. The van der Waals surface area contributed by atoms with Crippen molar-refractivity contribution in [3.8, 4) is 0 Å². The Labute approximate surface area is 200 Å². The van der Waals surface area contributed by atoms with Gasteiger partial charge >= 0.3 is 53.4 Å². The van der Waals surface area contributed by atoms with E-state index in [0.29, 0.717) is 6.42 Å². The third-order valence-electron chi connectivity index (χ3n) is 6.16. The van der Waals surface area contributed by atoms with Crippen molar-refractivity contribution >= 4 is 35.8 Å². The van der Waals surface area contributed by atoms with Crippen molar-refractivity contribution in [3.63, 3.8) is 0 Å². The summed E-state index contributed by atoms with van der Waals surface area (Å²) < 4.78 is 29.9. The molecule has 0 aliphatic carbocycles. The van der Waals surface area contributed by atoms with Gasteiger partial charge in [0.1, 0.15) is 6.10 Å². The van der Waals surface area contributed by atoms with Crippen LogP contribution in [0.1, 0.15) is 51.9 Å². The molecule has 0 aromatic carbocycles. The number of unbranched alkanes of at least 4 members (excludes halogenated alkanes) is 1. The summed E-state index contributed by atoms with van der Waals surface area (Å²) in [5, 5.41) is 43.6. The van der Waals surface area contributed by atoms with E-state index in [0.717, 1.165) is 0 Å². The Hall–Kier alpha value is -3.34. The average molecular weight is 518 g/mol. The lowest BCUT2D eigenvalue weighted by Crippen LogP contribution is -2.80. The van der Waals surface area contributed by atoms with Gasteiger partial charge in [-0.05, 0) is 6.42 Å². The maximum absolute atomic E-state index is 13.0. The molecule has 4 bridgehead atoms. The van der Waals surface area contributed by atoms with Gasteiger partial charge < -0.3 is 48.8 Å². The monoisotopic (exact) mass is 518 g/mol. The van der Waals surface area contributed by atoms with Crippen LogP contribution >= 0.6 is 0 Å². The largest absolute Gasteiger partial charge is 0.465 e. The van der Waals surface area contributed by atoms with Gasteiger partial charge in [0.15, 0.2) is 11.2 Å². The van der Waals surface area contributed by atoms with Crippen LogP contribution in [0.5, 0.6) is 0 Å². The maximum atomic E-state index is 13.0. The summed E-state index contributed by atoms with van der Waals surface area (Å²) in [5.74, 6) is -21.6. The first-order valence-electron chi connectivity index (χ1n) is 10.8. The number of aliphatic hydroxyl groups is 4. The maximum Gasteiger partial charge on any atom is 0.465 e. The highest BCUT2D eigenvalue weighted by atomic mass is 16.9. The Morgan fingerprint density at radius 1 is 0.694 bits per heavy atom. The minimum Gasteiger partial charge on any atom is -0.412 e. The summed E-state index contributed by atoms with van der Waals surface area (Å²) in [6, 6.07) is 0. The predicted molar refractivity (Wildman–Crippen MR) is 101 cm³/mol. The molecule has 16 nitrogen and oxygen atoms in total. The van der Waals surface area contributed by atoms with Crippen LogP contribution in [0.4, 0.5) is 0 Å². The van der Waals surface area contributed by atoms with E-state index in [2.05, 4.69) is 0 Å². The van der Waals surface area contributed by atoms with Crippen LogP contribution in [0.2, 0.25) is 0 Å². The van der Waals surface area contributed by atoms with Crippen LogP contribution < -0.4 is 0 Å². The fourth-order valence-corrected chi connectivity index (χ4v) is 4.38. The molecule has 36 heavy (non-hydrogen) atoms. The Morgan fingerprint density at radius 3 is 1.64 bits per heavy atom. The van der Waals surface area contributed by atoms with E-state index in [1.54, 1.807) is 6.92 Å². The Bertz CT molecular complexity index is 1040. The third-order valence-corrected chi connectivity index (χ3v) is 6.16. The number of ether oxygens (including phenoxy) is 6. The summed E-state index contributed by atoms with van der Waals surface area (Å²) >= 11 is 0. The fourth-order valence-electron chi connectivity index (χ4n) is 4.38. The van der Waals surface area contributed by atoms with E-state index in [-0.39, 0.29) is 6.42 Å². The lowest BCUT2D eigenvalue weighted by molar-refractivity contribution is -0.509. The van der Waals surface area contributed by atoms with E-state index in [4.69, 9.17) is 28.4 Å². The van der Waals surface area contributed by atoms with Crippen molar-refractivity contribution in [1.82, 2.24) is 0 Å². The summed E-state index contributed by atoms with van der Waals surface area (Å²) in [7, 11) is 0. The highest BCUT2D eigenvalue weighted by molar-refractivity contribution is 5.94. The summed E-state index contributed by atoms with van der Waals surface area (Å²) in [6.45, 7) is 1.67. The molecule has 4 aliphatic rings. The molecule has 4 rings (SSSR count). The van der Waals surface area contributed by atoms with Gasteiger partial charge in [-0.1, -0.05) is 19.8 Å². The topological polar surface area (TPSA) is 239 Å². The molecule has 16 heteroatoms. The molecule has 4 fully saturated rings. The number of rotatable bonds is 4. The minimum absolute atomic E-state index is 0.109. The van der Waals surface area contributed by atoms with Gasteiger partial charge in [0.2, 0.25) is 0 Å².